The van der Waals surface area contributed by atoms with Gasteiger partial charge in [0.05, 0.1) is 6.20 Å². The van der Waals surface area contributed by atoms with Gasteiger partial charge in [0, 0.05) is 25.5 Å². The molecule has 0 saturated heterocycles. The van der Waals surface area contributed by atoms with Crippen LogP contribution in [0.25, 0.3) is 45.2 Å². The Balaban J connectivity index is 1.35. The van der Waals surface area contributed by atoms with Crippen molar-refractivity contribution in [2.45, 2.75) is 39.7 Å². The number of aryl methyl sites for hydroxylation is 2. The average molecular weight is 517 g/mol. The number of nitrogens with one attached hydrogen (secondary N) is 1. The van der Waals surface area contributed by atoms with Crippen LogP contribution in [0.2, 0.25) is 0 Å². The van der Waals surface area contributed by atoms with Crippen LogP contribution in [0.5, 0.6) is 0 Å². The summed E-state index contributed by atoms with van der Waals surface area (Å²) in [4.78, 5) is 4.69. The van der Waals surface area contributed by atoms with E-state index in [9.17, 15) is 0 Å². The molecule has 6 rings (SSSR count). The van der Waals surface area contributed by atoms with Crippen molar-refractivity contribution in [2.75, 3.05) is 0 Å². The number of aromatic nitrogens is 8. The summed E-state index contributed by atoms with van der Waals surface area (Å²) in [7, 11) is 0. The maximum absolute atomic E-state index is 5.74. The maximum Gasteiger partial charge on any atom is 0.265 e. The molecule has 0 aliphatic heterocycles. The van der Waals surface area contributed by atoms with E-state index in [0.29, 0.717) is 24.2 Å². The van der Waals surface area contributed by atoms with E-state index >= 15 is 0 Å². The highest BCUT2D eigenvalue weighted by Crippen LogP contribution is 2.34. The monoisotopic (exact) mass is 516 g/mol. The zero-order valence-corrected chi connectivity index (χ0v) is 21.9. The molecule has 9 heteroatoms. The highest BCUT2D eigenvalue weighted by Gasteiger charge is 2.17. The Morgan fingerprint density at radius 3 is 2.38 bits per heavy atom. The van der Waals surface area contributed by atoms with E-state index < -0.39 is 0 Å². The zero-order valence-electron chi connectivity index (χ0n) is 21.9. The molecule has 0 fully saturated rings. The number of H-pyrrole nitrogens is 1. The van der Waals surface area contributed by atoms with E-state index in [1.165, 1.54) is 0 Å². The summed E-state index contributed by atoms with van der Waals surface area (Å²) in [6, 6.07) is 25.3. The fourth-order valence-electron chi connectivity index (χ4n) is 4.73. The van der Waals surface area contributed by atoms with Crippen molar-refractivity contribution >= 4 is 0 Å². The Bertz CT molecular complexity index is 1670. The van der Waals surface area contributed by atoms with Crippen molar-refractivity contribution in [1.29, 1.82) is 0 Å². The Hall–Kier alpha value is -4.92. The molecule has 0 radical (unpaired) electrons. The highest BCUT2D eigenvalue weighted by molar-refractivity contribution is 5.84. The van der Waals surface area contributed by atoms with E-state index in [1.54, 1.807) is 6.92 Å². The van der Waals surface area contributed by atoms with Crippen LogP contribution in [0, 0.1) is 6.92 Å². The van der Waals surface area contributed by atoms with Crippen LogP contribution < -0.4 is 0 Å². The molecule has 0 unspecified atom stereocenters. The molecule has 0 atom stereocenters. The van der Waals surface area contributed by atoms with Crippen molar-refractivity contribution in [2.24, 2.45) is 0 Å². The fourth-order valence-corrected chi connectivity index (χ4v) is 4.73. The first-order valence-electron chi connectivity index (χ1n) is 13.1. The topological polar surface area (TPSA) is 111 Å². The van der Waals surface area contributed by atoms with Gasteiger partial charge in [-0.15, -0.1) is 20.4 Å². The molecule has 1 N–H and O–H groups in total. The van der Waals surface area contributed by atoms with Gasteiger partial charge in [-0.2, -0.15) is 5.21 Å². The van der Waals surface area contributed by atoms with Crippen molar-refractivity contribution in [3.05, 3.63) is 96.3 Å². The van der Waals surface area contributed by atoms with E-state index in [2.05, 4.69) is 96.9 Å². The van der Waals surface area contributed by atoms with Gasteiger partial charge in [-0.3, -0.25) is 0 Å². The standard InChI is InChI=1S/C30H28N8O/c1-3-4-10-28-31-18-27(30-35-32-20(2)39-30)38(28)19-21-11-13-23(14-12-21)26-17-24(22-8-6-5-7-9-22)15-16-25(26)29-33-36-37-34-29/h5-9,11-18H,3-4,10,19H2,1-2H3,(H,33,34,36,37). The van der Waals surface area contributed by atoms with E-state index in [0.717, 1.165) is 64.2 Å². The lowest BCUT2D eigenvalue weighted by atomic mass is 9.93. The molecule has 3 aromatic carbocycles. The molecule has 0 bridgehead atoms. The van der Waals surface area contributed by atoms with Crippen LogP contribution in [0.3, 0.4) is 0 Å². The quantitative estimate of drug-likeness (QED) is 0.245. The number of benzene rings is 3. The van der Waals surface area contributed by atoms with Gasteiger partial charge < -0.3 is 8.98 Å². The third-order valence-electron chi connectivity index (χ3n) is 6.76. The normalized spacial score (nSPS) is 11.2. The second-order valence-corrected chi connectivity index (χ2v) is 9.43. The van der Waals surface area contributed by atoms with Gasteiger partial charge in [0.1, 0.15) is 11.5 Å². The molecule has 0 aliphatic rings. The summed E-state index contributed by atoms with van der Waals surface area (Å²) in [6.45, 7) is 4.63. The first-order valence-corrected chi connectivity index (χ1v) is 13.1. The molecule has 0 amide bonds. The van der Waals surface area contributed by atoms with Crippen molar-refractivity contribution in [1.82, 2.24) is 40.4 Å². The lowest BCUT2D eigenvalue weighted by molar-refractivity contribution is 0.526. The predicted molar refractivity (Wildman–Crippen MR) is 148 cm³/mol. The molecule has 6 aromatic rings. The van der Waals surface area contributed by atoms with Gasteiger partial charge in [0.2, 0.25) is 11.7 Å². The molecule has 0 saturated carbocycles. The Morgan fingerprint density at radius 2 is 1.67 bits per heavy atom. The van der Waals surface area contributed by atoms with E-state index in [-0.39, 0.29) is 0 Å². The Labute approximate surface area is 226 Å². The summed E-state index contributed by atoms with van der Waals surface area (Å²) >= 11 is 0. The summed E-state index contributed by atoms with van der Waals surface area (Å²) in [6.07, 6.45) is 4.89. The second kappa shape index (κ2) is 10.8. The number of nitrogens with zero attached hydrogens (tertiary/aromatic N) is 7. The van der Waals surface area contributed by atoms with Crippen LogP contribution in [0.4, 0.5) is 0 Å². The van der Waals surface area contributed by atoms with Crippen LogP contribution in [-0.2, 0) is 13.0 Å². The minimum Gasteiger partial charge on any atom is -0.420 e. The van der Waals surface area contributed by atoms with Gasteiger partial charge in [-0.05, 0) is 51.6 Å². The van der Waals surface area contributed by atoms with Crippen molar-refractivity contribution < 1.29 is 4.42 Å². The van der Waals surface area contributed by atoms with Crippen LogP contribution in [0.1, 0.15) is 37.0 Å². The smallest absolute Gasteiger partial charge is 0.265 e. The number of tetrazole rings is 1. The molecule has 0 spiro atoms. The number of unbranched alkanes of at least 4 members (excludes halogenated alkanes) is 1. The van der Waals surface area contributed by atoms with E-state index in [4.69, 9.17) is 9.40 Å². The van der Waals surface area contributed by atoms with Crippen molar-refractivity contribution in [3.63, 3.8) is 0 Å². The lowest BCUT2D eigenvalue weighted by Crippen LogP contribution is -2.07. The van der Waals surface area contributed by atoms with Crippen LogP contribution >= 0.6 is 0 Å². The minimum absolute atomic E-state index is 0.488. The van der Waals surface area contributed by atoms with E-state index in [1.807, 2.05) is 24.4 Å². The highest BCUT2D eigenvalue weighted by atomic mass is 16.4. The Kier molecular flexibility index (Phi) is 6.78. The molecule has 39 heavy (non-hydrogen) atoms. The predicted octanol–water partition coefficient (Wildman–Crippen LogP) is 6.15. The van der Waals surface area contributed by atoms with Crippen LogP contribution in [-0.4, -0.2) is 40.4 Å². The zero-order chi connectivity index (χ0) is 26.6. The number of hydrogen-bond acceptors (Lipinski definition) is 7. The first-order chi connectivity index (χ1) is 19.2. The number of rotatable bonds is 9. The SMILES string of the molecule is CCCCc1ncc(-c2nnc(C)o2)n1Cc1ccc(-c2cc(-c3ccccc3)ccc2-c2nn[nH]n2)cc1. The maximum atomic E-state index is 5.74. The fraction of sp³-hybridized carbons (Fsp3) is 0.200. The summed E-state index contributed by atoms with van der Waals surface area (Å²) < 4.78 is 7.92. The molecule has 3 aromatic heterocycles. The molecule has 0 aliphatic carbocycles. The third-order valence-corrected chi connectivity index (χ3v) is 6.76. The summed E-state index contributed by atoms with van der Waals surface area (Å²) in [5, 5.41) is 23.1. The van der Waals surface area contributed by atoms with Gasteiger partial charge in [0.25, 0.3) is 5.89 Å². The first kappa shape index (κ1) is 24.4. The molecule has 3 heterocycles. The average Bonchev–Trinajstić information content (AvgIpc) is 3.75. The second-order valence-electron chi connectivity index (χ2n) is 9.43. The minimum atomic E-state index is 0.488. The van der Waals surface area contributed by atoms with Crippen molar-refractivity contribution in [3.8, 4) is 45.2 Å². The molecule has 194 valence electrons. The lowest BCUT2D eigenvalue weighted by Gasteiger charge is -2.13. The molecular weight excluding hydrogens is 488 g/mol. The van der Waals surface area contributed by atoms with Crippen LogP contribution in [0.15, 0.2) is 83.4 Å². The number of aromatic amines is 1. The molecule has 9 nitrogen and oxygen atoms in total. The Morgan fingerprint density at radius 1 is 0.846 bits per heavy atom. The summed E-state index contributed by atoms with van der Waals surface area (Å²) in [5.41, 5.74) is 7.28. The van der Waals surface area contributed by atoms with Gasteiger partial charge >= 0.3 is 0 Å². The molecular formula is C30H28N8O. The van der Waals surface area contributed by atoms with Gasteiger partial charge in [0.15, 0.2) is 0 Å². The van der Waals surface area contributed by atoms with Gasteiger partial charge in [-0.25, -0.2) is 4.98 Å². The van der Waals surface area contributed by atoms with Gasteiger partial charge in [-0.1, -0.05) is 74.0 Å². The number of imidazole rings is 1. The third kappa shape index (κ3) is 5.11. The largest absolute Gasteiger partial charge is 0.420 e. The summed E-state index contributed by atoms with van der Waals surface area (Å²) in [5.74, 6) is 2.60. The number of hydrogen-bond donors (Lipinski definition) is 1.